The van der Waals surface area contributed by atoms with Gasteiger partial charge < -0.3 is 14.0 Å². The molecule has 0 spiro atoms. The van der Waals surface area contributed by atoms with Crippen molar-refractivity contribution in [2.24, 2.45) is 0 Å². The van der Waals surface area contributed by atoms with Gasteiger partial charge in [-0.1, -0.05) is 24.3 Å². The maximum atomic E-state index is 13.1. The lowest BCUT2D eigenvalue weighted by atomic mass is 10.1. The molecule has 0 aliphatic carbocycles. The molecular formula is C25H22N2O5. The number of fused-ring (bicyclic) bond motifs is 2. The van der Waals surface area contributed by atoms with Crippen molar-refractivity contribution in [1.82, 2.24) is 9.47 Å². The molecule has 0 saturated heterocycles. The number of aromatic nitrogens is 1. The second kappa shape index (κ2) is 7.67. The number of ketones is 1. The SMILES string of the molecule is Cc1cc(C(=O)CN2C(=O)c3ccccc3C2=O)c(C)n1C[C@H]1COc2ccccc2O1. The Labute approximate surface area is 185 Å². The number of amides is 2. The first-order valence-corrected chi connectivity index (χ1v) is 10.5. The van der Waals surface area contributed by atoms with Crippen LogP contribution in [0.5, 0.6) is 11.5 Å². The van der Waals surface area contributed by atoms with Gasteiger partial charge in [-0.15, -0.1) is 0 Å². The number of nitrogens with zero attached hydrogens (tertiary/aromatic N) is 2. The van der Waals surface area contributed by atoms with Gasteiger partial charge in [0.1, 0.15) is 6.61 Å². The smallest absolute Gasteiger partial charge is 0.261 e. The number of hydrogen-bond donors (Lipinski definition) is 0. The first-order valence-electron chi connectivity index (χ1n) is 10.5. The van der Waals surface area contributed by atoms with Crippen molar-refractivity contribution in [1.29, 1.82) is 0 Å². The number of ether oxygens (including phenoxy) is 2. The molecule has 162 valence electrons. The maximum absolute atomic E-state index is 13.1. The van der Waals surface area contributed by atoms with Gasteiger partial charge in [0.15, 0.2) is 23.4 Å². The molecule has 7 nitrogen and oxygen atoms in total. The second-order valence-corrected chi connectivity index (χ2v) is 8.06. The summed E-state index contributed by atoms with van der Waals surface area (Å²) < 4.78 is 13.9. The molecule has 0 bridgehead atoms. The third-order valence-electron chi connectivity index (χ3n) is 6.01. The van der Waals surface area contributed by atoms with Gasteiger partial charge in [-0.3, -0.25) is 19.3 Å². The number of aryl methyl sites for hydroxylation is 1. The summed E-state index contributed by atoms with van der Waals surface area (Å²) in [7, 11) is 0. The van der Waals surface area contributed by atoms with E-state index in [9.17, 15) is 14.4 Å². The number of imide groups is 1. The predicted octanol–water partition coefficient (Wildman–Crippen LogP) is 3.42. The van der Waals surface area contributed by atoms with E-state index >= 15 is 0 Å². The van der Waals surface area contributed by atoms with Crippen LogP contribution in [0.4, 0.5) is 0 Å². The molecule has 7 heteroatoms. The summed E-state index contributed by atoms with van der Waals surface area (Å²) in [6.45, 7) is 4.43. The van der Waals surface area contributed by atoms with E-state index in [0.29, 0.717) is 35.6 Å². The summed E-state index contributed by atoms with van der Waals surface area (Å²) in [4.78, 5) is 39.3. The van der Waals surface area contributed by atoms with Crippen molar-refractivity contribution in [2.45, 2.75) is 26.5 Å². The van der Waals surface area contributed by atoms with E-state index in [4.69, 9.17) is 9.47 Å². The number of hydrogen-bond acceptors (Lipinski definition) is 5. The van der Waals surface area contributed by atoms with E-state index in [0.717, 1.165) is 22.0 Å². The van der Waals surface area contributed by atoms with E-state index < -0.39 is 11.8 Å². The maximum Gasteiger partial charge on any atom is 0.261 e. The van der Waals surface area contributed by atoms with Crippen LogP contribution >= 0.6 is 0 Å². The average Bonchev–Trinajstić information content (AvgIpc) is 3.22. The highest BCUT2D eigenvalue weighted by atomic mass is 16.6. The molecule has 3 heterocycles. The quantitative estimate of drug-likeness (QED) is 0.458. The van der Waals surface area contributed by atoms with Gasteiger partial charge in [-0.25, -0.2) is 0 Å². The molecule has 2 aliphatic rings. The summed E-state index contributed by atoms with van der Waals surface area (Å²) in [6, 6.07) is 16.0. The number of para-hydroxylation sites is 2. The molecule has 0 fully saturated rings. The second-order valence-electron chi connectivity index (χ2n) is 8.06. The van der Waals surface area contributed by atoms with Crippen LogP contribution < -0.4 is 9.47 Å². The fourth-order valence-corrected chi connectivity index (χ4v) is 4.33. The van der Waals surface area contributed by atoms with Gasteiger partial charge >= 0.3 is 0 Å². The third-order valence-corrected chi connectivity index (χ3v) is 6.01. The highest BCUT2D eigenvalue weighted by Crippen LogP contribution is 2.32. The Bertz CT molecular complexity index is 1220. The van der Waals surface area contributed by atoms with Crippen LogP contribution in [0.2, 0.25) is 0 Å². The lowest BCUT2D eigenvalue weighted by Gasteiger charge is -2.27. The lowest BCUT2D eigenvalue weighted by molar-refractivity contribution is 0.0624. The Morgan fingerprint density at radius 1 is 0.969 bits per heavy atom. The van der Waals surface area contributed by atoms with Crippen LogP contribution in [0.15, 0.2) is 54.6 Å². The van der Waals surface area contributed by atoms with Crippen LogP contribution in [-0.4, -0.2) is 46.3 Å². The van der Waals surface area contributed by atoms with E-state index in [1.807, 2.05) is 42.7 Å². The summed E-state index contributed by atoms with van der Waals surface area (Å²) in [5, 5.41) is 0. The van der Waals surface area contributed by atoms with E-state index in [2.05, 4.69) is 0 Å². The van der Waals surface area contributed by atoms with Crippen LogP contribution in [0.1, 0.15) is 42.5 Å². The van der Waals surface area contributed by atoms with Crippen molar-refractivity contribution in [3.63, 3.8) is 0 Å². The largest absolute Gasteiger partial charge is 0.486 e. The summed E-state index contributed by atoms with van der Waals surface area (Å²) in [5.74, 6) is 0.290. The average molecular weight is 430 g/mol. The van der Waals surface area contributed by atoms with Gasteiger partial charge in [0.25, 0.3) is 11.8 Å². The molecule has 0 N–H and O–H groups in total. The standard InChI is InChI=1S/C25H22N2O5/c1-15-11-20(21(28)13-27-24(29)18-7-3-4-8-19(18)25(27)30)16(2)26(15)12-17-14-31-22-9-5-6-10-23(22)32-17/h3-11,17H,12-14H2,1-2H3/t17-/m0/s1. The molecule has 1 atom stereocenters. The lowest BCUT2D eigenvalue weighted by Crippen LogP contribution is -2.35. The number of Topliss-reactive ketones (excluding diaryl/α,β-unsaturated/α-hetero) is 1. The number of rotatable bonds is 5. The van der Waals surface area contributed by atoms with Crippen molar-refractivity contribution < 1.29 is 23.9 Å². The Hall–Kier alpha value is -3.87. The first kappa shape index (κ1) is 20.1. The normalized spacial score (nSPS) is 16.9. The van der Waals surface area contributed by atoms with Crippen molar-refractivity contribution in [3.8, 4) is 11.5 Å². The summed E-state index contributed by atoms with van der Waals surface area (Å²) in [5.41, 5.74) is 2.84. The minimum atomic E-state index is -0.431. The molecule has 5 rings (SSSR count). The first-order chi connectivity index (χ1) is 15.4. The van der Waals surface area contributed by atoms with Gasteiger partial charge in [0.2, 0.25) is 0 Å². The number of carbonyl (C=O) groups is 3. The number of carbonyl (C=O) groups excluding carboxylic acids is 3. The molecule has 0 unspecified atom stereocenters. The Kier molecular flexibility index (Phi) is 4.81. The number of benzene rings is 2. The summed E-state index contributed by atoms with van der Waals surface area (Å²) in [6.07, 6.45) is -0.200. The van der Waals surface area contributed by atoms with Crippen molar-refractivity contribution in [3.05, 3.63) is 82.7 Å². The highest BCUT2D eigenvalue weighted by molar-refractivity contribution is 6.23. The van der Waals surface area contributed by atoms with Crippen LogP contribution in [-0.2, 0) is 6.54 Å². The molecule has 32 heavy (non-hydrogen) atoms. The van der Waals surface area contributed by atoms with Crippen molar-refractivity contribution >= 4 is 17.6 Å². The molecule has 2 aliphatic heterocycles. The van der Waals surface area contributed by atoms with Gasteiger partial charge in [0, 0.05) is 17.0 Å². The molecule has 2 aromatic carbocycles. The van der Waals surface area contributed by atoms with Gasteiger partial charge in [-0.2, -0.15) is 0 Å². The molecule has 1 aromatic heterocycles. The Morgan fingerprint density at radius 3 is 2.28 bits per heavy atom. The Balaban J connectivity index is 1.33. The van der Waals surface area contributed by atoms with E-state index in [1.165, 1.54) is 0 Å². The van der Waals surface area contributed by atoms with Crippen LogP contribution in [0.25, 0.3) is 0 Å². The fourth-order valence-electron chi connectivity index (χ4n) is 4.33. The van der Waals surface area contributed by atoms with Crippen molar-refractivity contribution in [2.75, 3.05) is 13.2 Å². The third kappa shape index (κ3) is 3.26. The van der Waals surface area contributed by atoms with Crippen LogP contribution in [0, 0.1) is 13.8 Å². The minimum absolute atomic E-state index is 0.200. The van der Waals surface area contributed by atoms with E-state index in [1.54, 1.807) is 30.3 Å². The summed E-state index contributed by atoms with van der Waals surface area (Å²) >= 11 is 0. The van der Waals surface area contributed by atoms with Gasteiger partial charge in [-0.05, 0) is 44.2 Å². The zero-order chi connectivity index (χ0) is 22.4. The van der Waals surface area contributed by atoms with Crippen LogP contribution in [0.3, 0.4) is 0 Å². The monoisotopic (exact) mass is 430 g/mol. The Morgan fingerprint density at radius 2 is 1.59 bits per heavy atom. The highest BCUT2D eigenvalue weighted by Gasteiger charge is 2.37. The van der Waals surface area contributed by atoms with Gasteiger partial charge in [0.05, 0.1) is 24.2 Å². The fraction of sp³-hybridized carbons (Fsp3) is 0.240. The molecule has 0 radical (unpaired) electrons. The zero-order valence-electron chi connectivity index (χ0n) is 17.8. The predicted molar refractivity (Wildman–Crippen MR) is 116 cm³/mol. The molecule has 3 aromatic rings. The topological polar surface area (TPSA) is 77.8 Å². The molecule has 2 amide bonds. The molecular weight excluding hydrogens is 408 g/mol. The van der Waals surface area contributed by atoms with E-state index in [-0.39, 0.29) is 18.4 Å². The molecule has 0 saturated carbocycles. The minimum Gasteiger partial charge on any atom is -0.486 e. The zero-order valence-corrected chi connectivity index (χ0v) is 17.8.